The third kappa shape index (κ3) is 5.07. The number of rotatable bonds is 5. The van der Waals surface area contributed by atoms with Gasteiger partial charge in [0.15, 0.2) is 11.6 Å². The number of hydrogen-bond donors (Lipinski definition) is 0. The van der Waals surface area contributed by atoms with E-state index in [9.17, 15) is 17.6 Å². The first-order chi connectivity index (χ1) is 15.9. The summed E-state index contributed by atoms with van der Waals surface area (Å²) in [7, 11) is 0. The number of hydrogen-bond acceptors (Lipinski definition) is 4. The molecule has 0 saturated heterocycles. The summed E-state index contributed by atoms with van der Waals surface area (Å²) in [4.78, 5) is 4.72. The summed E-state index contributed by atoms with van der Waals surface area (Å²) >= 11 is 7.09. The minimum atomic E-state index is -0.824. The normalized spacial score (nSPS) is 10.7. The Balaban J connectivity index is 1.61. The van der Waals surface area contributed by atoms with Gasteiger partial charge in [0.25, 0.3) is 0 Å². The van der Waals surface area contributed by atoms with E-state index in [1.54, 1.807) is 12.1 Å². The van der Waals surface area contributed by atoms with E-state index in [4.69, 9.17) is 0 Å². The largest absolute Gasteiger partial charge is 0.206 e. The Labute approximate surface area is 201 Å². The molecule has 0 aliphatic heterocycles. The lowest BCUT2D eigenvalue weighted by Crippen LogP contribution is -1.95. The van der Waals surface area contributed by atoms with Crippen LogP contribution in [0.1, 0.15) is 35.8 Å². The minimum absolute atomic E-state index is 0.252. The molecule has 2 aromatic heterocycles. The van der Waals surface area contributed by atoms with Crippen molar-refractivity contribution in [1.29, 1.82) is 0 Å². The highest BCUT2D eigenvalue weighted by Crippen LogP contribution is 2.39. The number of benzene rings is 2. The zero-order chi connectivity index (χ0) is 23.5. The third-order valence-electron chi connectivity index (χ3n) is 4.90. The lowest BCUT2D eigenvalue weighted by Gasteiger charge is -2.03. The molecule has 8 heteroatoms. The molecule has 0 radical (unpaired) electrons. The summed E-state index contributed by atoms with van der Waals surface area (Å²) in [6.45, 7) is 2.02. The van der Waals surface area contributed by atoms with Crippen molar-refractivity contribution in [3.8, 4) is 22.3 Å². The highest BCUT2D eigenvalue weighted by atomic mass is 32.1. The maximum atomic E-state index is 14.4. The number of nitrogens with zero attached hydrogens (tertiary/aromatic N) is 1. The smallest absolute Gasteiger partial charge is 0.153 e. The Bertz CT molecular complexity index is 1390. The molecule has 0 amide bonds. The van der Waals surface area contributed by atoms with Crippen LogP contribution < -0.4 is 0 Å². The van der Waals surface area contributed by atoms with Crippen LogP contribution in [-0.4, -0.2) is 5.16 Å². The molecule has 166 valence electrons. The highest BCUT2D eigenvalue weighted by Gasteiger charge is 2.15. The number of fused-ring (bicyclic) bond motifs is 1. The minimum Gasteiger partial charge on any atom is -0.206 e. The van der Waals surface area contributed by atoms with Crippen molar-refractivity contribution < 1.29 is 17.6 Å². The van der Waals surface area contributed by atoms with Gasteiger partial charge in [0.05, 0.1) is 15.6 Å². The van der Waals surface area contributed by atoms with Crippen LogP contribution >= 0.6 is 34.9 Å². The molecule has 0 atom stereocenters. The quantitative estimate of drug-likeness (QED) is 0.115. The van der Waals surface area contributed by atoms with Crippen molar-refractivity contribution in [2.24, 2.45) is 4.99 Å². The van der Waals surface area contributed by atoms with E-state index >= 15 is 0 Å². The summed E-state index contributed by atoms with van der Waals surface area (Å²) in [5.74, 6) is 2.45. The van der Waals surface area contributed by atoms with Crippen LogP contribution in [0.25, 0.3) is 19.8 Å². The molecular weight excluding hydrogens is 486 g/mol. The third-order valence-corrected chi connectivity index (χ3v) is 7.25. The summed E-state index contributed by atoms with van der Waals surface area (Å²) in [5.41, 5.74) is 0.276. The van der Waals surface area contributed by atoms with E-state index in [0.29, 0.717) is 27.3 Å². The van der Waals surface area contributed by atoms with E-state index in [0.717, 1.165) is 22.2 Å². The average molecular weight is 502 g/mol. The highest BCUT2D eigenvalue weighted by molar-refractivity contribution is 7.78. The van der Waals surface area contributed by atoms with Crippen LogP contribution in [-0.2, 0) is 6.42 Å². The molecule has 0 bridgehead atoms. The molecule has 2 heterocycles. The zero-order valence-corrected chi connectivity index (χ0v) is 19.7. The number of thiocarbonyl (C=S) groups is 1. The summed E-state index contributed by atoms with van der Waals surface area (Å²) in [6, 6.07) is 8.66. The Kier molecular flexibility index (Phi) is 7.06. The molecule has 0 saturated carbocycles. The Morgan fingerprint density at radius 3 is 2.12 bits per heavy atom. The van der Waals surface area contributed by atoms with Gasteiger partial charge in [0.2, 0.25) is 0 Å². The molecule has 1 nitrogen and oxygen atoms in total. The van der Waals surface area contributed by atoms with Crippen LogP contribution in [0.4, 0.5) is 23.2 Å². The molecule has 2 aromatic carbocycles. The van der Waals surface area contributed by atoms with Crippen molar-refractivity contribution >= 4 is 55.1 Å². The molecule has 4 aromatic rings. The fourth-order valence-corrected chi connectivity index (χ4v) is 5.62. The van der Waals surface area contributed by atoms with Gasteiger partial charge in [-0.15, -0.1) is 22.7 Å². The van der Waals surface area contributed by atoms with Gasteiger partial charge in [0, 0.05) is 14.3 Å². The van der Waals surface area contributed by atoms with Gasteiger partial charge in [0.1, 0.15) is 17.3 Å². The molecule has 0 aliphatic carbocycles. The SMILES string of the molecule is CCCCc1cc(F)c(C#Cc2cc3sc(-c4cc(F)c(N=C=S)c(F)c4)cc3s2)c(F)c1. The number of aryl methyl sites for hydroxylation is 1. The average Bonchev–Trinajstić information content (AvgIpc) is 3.33. The number of halogens is 4. The standard InChI is InChI=1S/C25H15F4NS3/c1-2-3-4-14-7-18(26)17(19(27)8-14)6-5-16-11-23-24(32-16)12-22(33-23)15-9-20(28)25(30-13-31)21(29)10-15/h7-12H,2-4H2,1H3. The molecule has 0 unspecified atom stereocenters. The van der Waals surface area contributed by atoms with E-state index < -0.39 is 29.0 Å². The van der Waals surface area contributed by atoms with E-state index in [1.807, 2.05) is 12.1 Å². The zero-order valence-electron chi connectivity index (χ0n) is 17.3. The number of isothiocyanates is 1. The molecular formula is C25H15F4NS3. The Hall–Kier alpha value is -2.82. The Morgan fingerprint density at radius 2 is 1.52 bits per heavy atom. The van der Waals surface area contributed by atoms with Crippen LogP contribution in [0.3, 0.4) is 0 Å². The molecule has 0 spiro atoms. The second kappa shape index (κ2) is 9.98. The first kappa shape index (κ1) is 23.3. The van der Waals surface area contributed by atoms with Gasteiger partial charge in [-0.1, -0.05) is 25.2 Å². The molecule has 0 aliphatic rings. The van der Waals surface area contributed by atoms with Gasteiger partial charge >= 0.3 is 0 Å². The summed E-state index contributed by atoms with van der Waals surface area (Å²) < 4.78 is 58.7. The fourth-order valence-electron chi connectivity index (χ4n) is 3.29. The predicted molar refractivity (Wildman–Crippen MR) is 131 cm³/mol. The lowest BCUT2D eigenvalue weighted by molar-refractivity contribution is 0.572. The first-order valence-corrected chi connectivity index (χ1v) is 12.0. The van der Waals surface area contributed by atoms with Crippen LogP contribution in [0.2, 0.25) is 0 Å². The molecule has 4 rings (SSSR count). The maximum absolute atomic E-state index is 14.4. The van der Waals surface area contributed by atoms with Crippen LogP contribution in [0.5, 0.6) is 0 Å². The maximum Gasteiger partial charge on any atom is 0.153 e. The van der Waals surface area contributed by atoms with Crippen molar-refractivity contribution in [3.05, 3.63) is 75.7 Å². The first-order valence-electron chi connectivity index (χ1n) is 10.00. The van der Waals surface area contributed by atoms with Gasteiger partial charge in [-0.05, 0) is 72.6 Å². The summed E-state index contributed by atoms with van der Waals surface area (Å²) in [6.07, 6.45) is 2.43. The van der Waals surface area contributed by atoms with Crippen LogP contribution in [0, 0.1) is 35.1 Å². The molecule has 0 fully saturated rings. The number of thiophene rings is 2. The molecule has 33 heavy (non-hydrogen) atoms. The lowest BCUT2D eigenvalue weighted by atomic mass is 10.1. The number of aliphatic imine (C=N–C) groups is 1. The van der Waals surface area contributed by atoms with Crippen molar-refractivity contribution in [2.45, 2.75) is 26.2 Å². The van der Waals surface area contributed by atoms with Gasteiger partial charge < -0.3 is 0 Å². The topological polar surface area (TPSA) is 12.4 Å². The van der Waals surface area contributed by atoms with E-state index in [1.165, 1.54) is 46.9 Å². The number of unbranched alkanes of at least 4 members (excludes halogenated alkanes) is 1. The Morgan fingerprint density at radius 1 is 0.848 bits per heavy atom. The van der Waals surface area contributed by atoms with Crippen molar-refractivity contribution in [3.63, 3.8) is 0 Å². The van der Waals surface area contributed by atoms with Gasteiger partial charge in [-0.3, -0.25) is 0 Å². The van der Waals surface area contributed by atoms with Gasteiger partial charge in [-0.25, -0.2) is 17.6 Å². The molecule has 0 N–H and O–H groups in total. The van der Waals surface area contributed by atoms with E-state index in [-0.39, 0.29) is 5.56 Å². The second-order valence-electron chi connectivity index (χ2n) is 7.23. The van der Waals surface area contributed by atoms with Crippen LogP contribution in [0.15, 0.2) is 41.4 Å². The van der Waals surface area contributed by atoms with Crippen molar-refractivity contribution in [1.82, 2.24) is 0 Å². The second-order valence-corrected chi connectivity index (χ2v) is 9.58. The summed E-state index contributed by atoms with van der Waals surface area (Å²) in [5, 5.41) is 1.96. The fraction of sp³-hybridized carbons (Fsp3) is 0.160. The van der Waals surface area contributed by atoms with Crippen molar-refractivity contribution in [2.75, 3.05) is 0 Å². The predicted octanol–water partition coefficient (Wildman–Crippen LogP) is 8.66. The van der Waals surface area contributed by atoms with Gasteiger partial charge in [-0.2, -0.15) is 4.99 Å². The van der Waals surface area contributed by atoms with E-state index in [2.05, 4.69) is 29.1 Å². The monoisotopic (exact) mass is 501 g/mol.